The van der Waals surface area contributed by atoms with E-state index in [9.17, 15) is 22.8 Å². The van der Waals surface area contributed by atoms with Gasteiger partial charge >= 0.3 is 0 Å². The number of hydrogen-bond acceptors (Lipinski definition) is 6. The van der Waals surface area contributed by atoms with Gasteiger partial charge in [-0.3, -0.25) is 19.4 Å². The lowest BCUT2D eigenvalue weighted by molar-refractivity contribution is -0.141. The van der Waals surface area contributed by atoms with Gasteiger partial charge < -0.3 is 5.32 Å². The van der Waals surface area contributed by atoms with Gasteiger partial charge in [0.15, 0.2) is 5.78 Å². The highest BCUT2D eigenvalue weighted by Crippen LogP contribution is 2.22. The maximum atomic E-state index is 13.4. The fraction of sp³-hybridized carbons (Fsp3) is 0.481. The number of pyridine rings is 1. The molecule has 3 rings (SSSR count). The first-order valence-electron chi connectivity index (χ1n) is 12.5. The van der Waals surface area contributed by atoms with E-state index in [0.29, 0.717) is 19.4 Å². The molecule has 1 aromatic carbocycles. The number of hydrogen-bond donors (Lipinski definition) is 2. The monoisotopic (exact) mass is 513 g/mol. The largest absolute Gasteiger partial charge is 0.349 e. The minimum absolute atomic E-state index is 0.0330. The van der Waals surface area contributed by atoms with Crippen molar-refractivity contribution < 1.29 is 22.8 Å². The Morgan fingerprint density at radius 2 is 1.83 bits per heavy atom. The Morgan fingerprint density at radius 1 is 1.08 bits per heavy atom. The third-order valence-electron chi connectivity index (χ3n) is 6.41. The number of carbonyl (C=O) groups is 3. The van der Waals surface area contributed by atoms with Crippen molar-refractivity contribution in [1.29, 1.82) is 0 Å². The summed E-state index contributed by atoms with van der Waals surface area (Å²) in [5, 5.41) is 2.67. The van der Waals surface area contributed by atoms with Crippen molar-refractivity contribution in [3.63, 3.8) is 0 Å². The maximum Gasteiger partial charge on any atom is 0.287 e. The Labute approximate surface area is 213 Å². The predicted octanol–water partition coefficient (Wildman–Crippen LogP) is 3.00. The summed E-state index contributed by atoms with van der Waals surface area (Å²) >= 11 is 0. The van der Waals surface area contributed by atoms with Crippen LogP contribution < -0.4 is 10.0 Å². The lowest BCUT2D eigenvalue weighted by Gasteiger charge is -2.23. The van der Waals surface area contributed by atoms with E-state index in [1.165, 1.54) is 12.1 Å². The van der Waals surface area contributed by atoms with Crippen LogP contribution in [0.1, 0.15) is 57.1 Å². The number of aromatic nitrogens is 1. The van der Waals surface area contributed by atoms with Gasteiger partial charge in [0.05, 0.1) is 10.9 Å². The van der Waals surface area contributed by atoms with Crippen LogP contribution in [0.4, 0.5) is 0 Å². The molecule has 0 radical (unpaired) electrons. The zero-order chi connectivity index (χ0) is 26.1. The molecule has 2 heterocycles. The Balaban J connectivity index is 1.82. The molecule has 194 valence electrons. The molecule has 0 fully saturated rings. The number of aryl methyl sites for hydroxylation is 2. The minimum Gasteiger partial charge on any atom is -0.349 e. The lowest BCUT2D eigenvalue weighted by atomic mass is 9.86. The SMILES string of the molecule is CC(C)CC(NS(=O)(=O)c1ccccc1)C(=O)CC1CCc2cnccc2CCCCNC(=O)C1=O. The second kappa shape index (κ2) is 12.9. The molecule has 1 aliphatic heterocycles. The van der Waals surface area contributed by atoms with Gasteiger partial charge in [0.25, 0.3) is 5.91 Å². The van der Waals surface area contributed by atoms with Crippen LogP contribution in [0.5, 0.6) is 0 Å². The van der Waals surface area contributed by atoms with E-state index < -0.39 is 39.5 Å². The normalized spacial score (nSPS) is 18.5. The molecule has 0 bridgehead atoms. The molecule has 0 spiro atoms. The summed E-state index contributed by atoms with van der Waals surface area (Å²) in [4.78, 5) is 43.3. The zero-order valence-corrected chi connectivity index (χ0v) is 21.7. The first-order chi connectivity index (χ1) is 17.2. The number of carbonyl (C=O) groups excluding carboxylic acids is 3. The highest BCUT2D eigenvalue weighted by atomic mass is 32.2. The van der Waals surface area contributed by atoms with E-state index in [1.807, 2.05) is 19.9 Å². The number of amides is 1. The van der Waals surface area contributed by atoms with Crippen molar-refractivity contribution in [3.05, 3.63) is 59.9 Å². The second-order valence-corrected chi connectivity index (χ2v) is 11.5. The molecule has 8 nitrogen and oxygen atoms in total. The van der Waals surface area contributed by atoms with Gasteiger partial charge in [-0.1, -0.05) is 32.0 Å². The maximum absolute atomic E-state index is 13.4. The molecule has 1 amide bonds. The van der Waals surface area contributed by atoms with E-state index in [4.69, 9.17) is 0 Å². The van der Waals surface area contributed by atoms with Crippen LogP contribution >= 0.6 is 0 Å². The summed E-state index contributed by atoms with van der Waals surface area (Å²) in [5.41, 5.74) is 2.16. The van der Waals surface area contributed by atoms with Gasteiger partial charge in [0, 0.05) is 31.3 Å². The van der Waals surface area contributed by atoms with Gasteiger partial charge in [-0.25, -0.2) is 13.1 Å². The number of Topliss-reactive ketones (excluding diaryl/α,β-unsaturated/α-hetero) is 2. The third-order valence-corrected chi connectivity index (χ3v) is 7.90. The van der Waals surface area contributed by atoms with Crippen molar-refractivity contribution in [2.24, 2.45) is 11.8 Å². The lowest BCUT2D eigenvalue weighted by Crippen LogP contribution is -2.44. The fourth-order valence-electron chi connectivity index (χ4n) is 4.45. The van der Waals surface area contributed by atoms with Gasteiger partial charge in [0.1, 0.15) is 0 Å². The van der Waals surface area contributed by atoms with Crippen LogP contribution in [-0.2, 0) is 37.2 Å². The number of ketones is 2. The molecule has 36 heavy (non-hydrogen) atoms. The highest BCUT2D eigenvalue weighted by molar-refractivity contribution is 7.89. The molecule has 0 aliphatic carbocycles. The van der Waals surface area contributed by atoms with E-state index in [-0.39, 0.29) is 23.7 Å². The van der Waals surface area contributed by atoms with Crippen molar-refractivity contribution >= 4 is 27.5 Å². The third kappa shape index (κ3) is 7.80. The summed E-state index contributed by atoms with van der Waals surface area (Å²) in [6.07, 6.45) is 6.87. The minimum atomic E-state index is -3.93. The van der Waals surface area contributed by atoms with Crippen LogP contribution in [0.2, 0.25) is 0 Å². The first kappa shape index (κ1) is 27.7. The molecule has 0 saturated carbocycles. The zero-order valence-electron chi connectivity index (χ0n) is 20.9. The molecule has 2 aromatic rings. The topological polar surface area (TPSA) is 122 Å². The summed E-state index contributed by atoms with van der Waals surface area (Å²) in [7, 11) is -3.93. The van der Waals surface area contributed by atoms with Gasteiger partial charge in [-0.15, -0.1) is 0 Å². The molecule has 2 unspecified atom stereocenters. The van der Waals surface area contributed by atoms with E-state index in [2.05, 4.69) is 15.0 Å². The first-order valence-corrected chi connectivity index (χ1v) is 14.0. The van der Waals surface area contributed by atoms with Crippen LogP contribution in [0.25, 0.3) is 0 Å². The Kier molecular flexibility index (Phi) is 9.89. The van der Waals surface area contributed by atoms with Crippen LogP contribution in [0.3, 0.4) is 0 Å². The standard InChI is InChI=1S/C27H35N3O5S/c1-19(2)16-24(30-36(34,35)23-9-4-3-5-10-23)25(31)17-21-11-12-22-18-28-15-13-20(22)8-6-7-14-29-27(33)26(21)32/h3-5,9-10,13,15,18-19,21,24,30H,6-8,11-12,14,16-17H2,1-2H3,(H,29,33). The van der Waals surface area contributed by atoms with Crippen LogP contribution in [-0.4, -0.2) is 43.5 Å². The fourth-order valence-corrected chi connectivity index (χ4v) is 5.71. The highest BCUT2D eigenvalue weighted by Gasteiger charge is 2.32. The molecular formula is C27H35N3O5S. The summed E-state index contributed by atoms with van der Waals surface area (Å²) in [5.74, 6) is -2.53. The molecule has 1 aromatic heterocycles. The average Bonchev–Trinajstić information content (AvgIpc) is 2.85. The number of benzene rings is 1. The average molecular weight is 514 g/mol. The summed E-state index contributed by atoms with van der Waals surface area (Å²) < 4.78 is 28.4. The van der Waals surface area contributed by atoms with Crippen LogP contribution in [0, 0.1) is 11.8 Å². The van der Waals surface area contributed by atoms with Gasteiger partial charge in [-0.05, 0) is 73.8 Å². The molecule has 9 heteroatoms. The van der Waals surface area contributed by atoms with Gasteiger partial charge in [0.2, 0.25) is 15.8 Å². The van der Waals surface area contributed by atoms with E-state index in [1.54, 1.807) is 30.6 Å². The number of nitrogens with one attached hydrogen (secondary N) is 2. The quantitative estimate of drug-likeness (QED) is 0.523. The Hall–Kier alpha value is -2.91. The number of rotatable bonds is 8. The van der Waals surface area contributed by atoms with Crippen molar-refractivity contribution in [3.8, 4) is 0 Å². The Bertz CT molecular complexity index is 1160. The van der Waals surface area contributed by atoms with E-state index in [0.717, 1.165) is 30.4 Å². The number of sulfonamides is 1. The summed E-state index contributed by atoms with van der Waals surface area (Å²) in [6, 6.07) is 8.84. The van der Waals surface area contributed by atoms with Crippen LogP contribution in [0.15, 0.2) is 53.7 Å². The second-order valence-electron chi connectivity index (χ2n) is 9.74. The Morgan fingerprint density at radius 3 is 2.56 bits per heavy atom. The van der Waals surface area contributed by atoms with Gasteiger partial charge in [-0.2, -0.15) is 0 Å². The van der Waals surface area contributed by atoms with E-state index >= 15 is 0 Å². The van der Waals surface area contributed by atoms with Crippen molar-refractivity contribution in [1.82, 2.24) is 15.0 Å². The number of nitrogens with zero attached hydrogens (tertiary/aromatic N) is 1. The summed E-state index contributed by atoms with van der Waals surface area (Å²) in [6.45, 7) is 4.18. The predicted molar refractivity (Wildman–Crippen MR) is 137 cm³/mol. The molecule has 0 saturated heterocycles. The molecule has 1 aliphatic rings. The van der Waals surface area contributed by atoms with Crippen molar-refractivity contribution in [2.75, 3.05) is 6.54 Å². The molecule has 2 N–H and O–H groups in total. The van der Waals surface area contributed by atoms with Crippen molar-refractivity contribution in [2.45, 2.75) is 69.7 Å². The number of fused-ring (bicyclic) bond motifs is 1. The molecule has 2 atom stereocenters. The molecular weight excluding hydrogens is 478 g/mol. The smallest absolute Gasteiger partial charge is 0.287 e.